The zero-order valence-electron chi connectivity index (χ0n) is 41.5. The number of amides is 1. The Morgan fingerprint density at radius 3 is 1.16 bits per heavy atom. The summed E-state index contributed by atoms with van der Waals surface area (Å²) in [6.45, 7) is 3.48. The van der Waals surface area contributed by atoms with E-state index in [2.05, 4.69) is 19.2 Å². The van der Waals surface area contributed by atoms with Gasteiger partial charge in [-0.25, -0.2) is 0 Å². The van der Waals surface area contributed by atoms with Crippen LogP contribution in [0, 0.1) is 0 Å². The third-order valence-electron chi connectivity index (χ3n) is 13.7. The fourth-order valence-corrected chi connectivity index (χ4v) is 9.15. The van der Waals surface area contributed by atoms with Crippen LogP contribution in [0.5, 0.6) is 0 Å². The second-order valence-corrected chi connectivity index (χ2v) is 19.7. The van der Waals surface area contributed by atoms with E-state index in [0.29, 0.717) is 19.3 Å². The van der Waals surface area contributed by atoms with Crippen LogP contribution in [0.3, 0.4) is 0 Å². The first-order valence-corrected chi connectivity index (χ1v) is 27.4. The molecule has 11 heteroatoms. The van der Waals surface area contributed by atoms with Gasteiger partial charge in [0.2, 0.25) is 5.91 Å². The summed E-state index contributed by atoms with van der Waals surface area (Å²) >= 11 is 0. The maximum atomic E-state index is 13.1. The molecule has 0 aliphatic carbocycles. The second-order valence-electron chi connectivity index (χ2n) is 19.7. The van der Waals surface area contributed by atoms with Crippen molar-refractivity contribution >= 4 is 5.91 Å². The van der Waals surface area contributed by atoms with E-state index in [0.717, 1.165) is 38.5 Å². The van der Waals surface area contributed by atoms with Crippen molar-refractivity contribution in [3.63, 3.8) is 0 Å². The SMILES string of the molecule is CCCCCCCCCCCCCCCCCCCCCCCCC(O)C(O)C(COC1OC(CO)C(O)C(O)C1O)NC(=O)C(O)CCCCCCCCCCCCCCCCC. The van der Waals surface area contributed by atoms with E-state index in [-0.39, 0.29) is 6.42 Å². The summed E-state index contributed by atoms with van der Waals surface area (Å²) in [6, 6.07) is -1.16. The summed E-state index contributed by atoms with van der Waals surface area (Å²) in [5.41, 5.74) is 0. The van der Waals surface area contributed by atoms with Crippen LogP contribution in [0.25, 0.3) is 0 Å². The van der Waals surface area contributed by atoms with Gasteiger partial charge in [0.1, 0.15) is 36.6 Å². The van der Waals surface area contributed by atoms with Gasteiger partial charge in [0.15, 0.2) is 6.29 Å². The van der Waals surface area contributed by atoms with Gasteiger partial charge in [-0.1, -0.05) is 251 Å². The van der Waals surface area contributed by atoms with E-state index in [4.69, 9.17) is 9.47 Å². The molecule has 1 fully saturated rings. The molecular weight excluding hydrogens is 811 g/mol. The van der Waals surface area contributed by atoms with Gasteiger partial charge in [-0.05, 0) is 12.8 Å². The van der Waals surface area contributed by atoms with Crippen molar-refractivity contribution in [2.24, 2.45) is 0 Å². The Balaban J connectivity index is 2.33. The van der Waals surface area contributed by atoms with E-state index in [1.807, 2.05) is 0 Å². The van der Waals surface area contributed by atoms with E-state index in [9.17, 15) is 40.5 Å². The molecule has 1 saturated heterocycles. The molecule has 0 radical (unpaired) electrons. The van der Waals surface area contributed by atoms with Crippen molar-refractivity contribution in [2.75, 3.05) is 13.2 Å². The molecule has 0 aromatic carbocycles. The second kappa shape index (κ2) is 43.4. The van der Waals surface area contributed by atoms with Crippen molar-refractivity contribution in [3.05, 3.63) is 0 Å². The molecule has 382 valence electrons. The predicted octanol–water partition coefficient (Wildman–Crippen LogP) is 10.6. The fourth-order valence-electron chi connectivity index (χ4n) is 9.15. The molecule has 1 aliphatic rings. The summed E-state index contributed by atoms with van der Waals surface area (Å²) in [5, 5.41) is 76.0. The van der Waals surface area contributed by atoms with Gasteiger partial charge in [0, 0.05) is 0 Å². The predicted molar refractivity (Wildman–Crippen MR) is 261 cm³/mol. The molecule has 1 amide bonds. The quantitative estimate of drug-likeness (QED) is 0.0273. The molecule has 1 aliphatic heterocycles. The van der Waals surface area contributed by atoms with Crippen LogP contribution in [-0.2, 0) is 14.3 Å². The Morgan fingerprint density at radius 1 is 0.484 bits per heavy atom. The monoisotopic (exact) mass is 916 g/mol. The number of aliphatic hydroxyl groups excluding tert-OH is 7. The fraction of sp³-hybridized carbons (Fsp3) is 0.981. The molecule has 1 rings (SSSR count). The van der Waals surface area contributed by atoms with Gasteiger partial charge in [-0.15, -0.1) is 0 Å². The molecule has 0 bridgehead atoms. The maximum Gasteiger partial charge on any atom is 0.249 e. The zero-order valence-corrected chi connectivity index (χ0v) is 41.5. The molecule has 0 aromatic rings. The molecule has 9 atom stereocenters. The normalized spacial score (nSPS) is 20.9. The highest BCUT2D eigenvalue weighted by atomic mass is 16.7. The molecule has 11 nitrogen and oxygen atoms in total. The van der Waals surface area contributed by atoms with E-state index >= 15 is 0 Å². The van der Waals surface area contributed by atoms with Gasteiger partial charge in [-0.2, -0.15) is 0 Å². The van der Waals surface area contributed by atoms with Gasteiger partial charge in [-0.3, -0.25) is 4.79 Å². The van der Waals surface area contributed by atoms with Crippen LogP contribution in [-0.4, -0.2) is 110 Å². The van der Waals surface area contributed by atoms with E-state index in [1.54, 1.807) is 0 Å². The lowest BCUT2D eigenvalue weighted by Crippen LogP contribution is -2.60. The summed E-state index contributed by atoms with van der Waals surface area (Å²) in [6.07, 6.45) is 35.8. The summed E-state index contributed by atoms with van der Waals surface area (Å²) < 4.78 is 11.1. The van der Waals surface area contributed by atoms with Gasteiger partial charge >= 0.3 is 0 Å². The van der Waals surface area contributed by atoms with Crippen molar-refractivity contribution < 1.29 is 50.0 Å². The molecule has 1 heterocycles. The first kappa shape index (κ1) is 61.1. The van der Waals surface area contributed by atoms with Crippen molar-refractivity contribution in [2.45, 2.75) is 319 Å². The summed E-state index contributed by atoms with van der Waals surface area (Å²) in [5.74, 6) is -0.691. The van der Waals surface area contributed by atoms with Crippen LogP contribution in [0.2, 0.25) is 0 Å². The lowest BCUT2D eigenvalue weighted by molar-refractivity contribution is -0.303. The number of nitrogens with one attached hydrogen (secondary N) is 1. The van der Waals surface area contributed by atoms with Gasteiger partial charge < -0.3 is 50.5 Å². The van der Waals surface area contributed by atoms with Crippen LogP contribution >= 0.6 is 0 Å². The van der Waals surface area contributed by atoms with Gasteiger partial charge in [0.05, 0.1) is 25.4 Å². The highest BCUT2D eigenvalue weighted by Crippen LogP contribution is 2.23. The lowest BCUT2D eigenvalue weighted by Gasteiger charge is -2.40. The van der Waals surface area contributed by atoms with Crippen molar-refractivity contribution in [1.82, 2.24) is 5.32 Å². The smallest absolute Gasteiger partial charge is 0.249 e. The third-order valence-corrected chi connectivity index (χ3v) is 13.7. The standard InChI is InChI=1S/C53H105NO10/c1-3-5-7-9-11-13-15-17-19-20-21-22-23-24-25-27-28-30-32-34-36-38-40-45(56)48(58)44(43-63-53-51(61)50(60)49(59)47(42-55)64-53)54-52(62)46(57)41-39-37-35-33-31-29-26-18-16-14-12-10-8-6-4-2/h44-51,53,55-61H,3-43H2,1-2H3,(H,54,62). The number of aliphatic hydroxyl groups is 7. The Morgan fingerprint density at radius 2 is 0.812 bits per heavy atom. The number of carbonyl (C=O) groups is 1. The van der Waals surface area contributed by atoms with Crippen molar-refractivity contribution in [1.29, 1.82) is 0 Å². The minimum atomic E-state index is -1.66. The maximum absolute atomic E-state index is 13.1. The largest absolute Gasteiger partial charge is 0.394 e. The molecule has 0 aromatic heterocycles. The van der Waals surface area contributed by atoms with Gasteiger partial charge in [0.25, 0.3) is 0 Å². The number of ether oxygens (including phenoxy) is 2. The number of hydrogen-bond donors (Lipinski definition) is 8. The molecule has 0 spiro atoms. The minimum absolute atomic E-state index is 0.266. The molecular formula is C53H105NO10. The zero-order chi connectivity index (χ0) is 46.9. The Bertz CT molecular complexity index is 1010. The summed E-state index contributed by atoms with van der Waals surface area (Å²) in [4.78, 5) is 13.1. The number of rotatable bonds is 47. The van der Waals surface area contributed by atoms with E-state index in [1.165, 1.54) is 186 Å². The van der Waals surface area contributed by atoms with Crippen LogP contribution in [0.1, 0.15) is 264 Å². The Kier molecular flexibility index (Phi) is 41.4. The molecule has 9 unspecified atom stereocenters. The third kappa shape index (κ3) is 32.0. The summed E-state index contributed by atoms with van der Waals surface area (Å²) in [7, 11) is 0. The minimum Gasteiger partial charge on any atom is -0.394 e. The lowest BCUT2D eigenvalue weighted by atomic mass is 9.98. The van der Waals surface area contributed by atoms with Crippen LogP contribution in [0.15, 0.2) is 0 Å². The average molecular weight is 916 g/mol. The topological polar surface area (TPSA) is 189 Å². The highest BCUT2D eigenvalue weighted by molar-refractivity contribution is 5.80. The van der Waals surface area contributed by atoms with E-state index < -0.39 is 74.2 Å². The molecule has 0 saturated carbocycles. The number of carbonyl (C=O) groups excluding carboxylic acids is 1. The number of unbranched alkanes of at least 4 members (excludes halogenated alkanes) is 35. The number of hydrogen-bond acceptors (Lipinski definition) is 10. The van der Waals surface area contributed by atoms with Crippen LogP contribution < -0.4 is 5.32 Å². The highest BCUT2D eigenvalue weighted by Gasteiger charge is 2.44. The molecule has 64 heavy (non-hydrogen) atoms. The average Bonchev–Trinajstić information content (AvgIpc) is 3.29. The molecule has 8 N–H and O–H groups in total. The first-order chi connectivity index (χ1) is 31.2. The van der Waals surface area contributed by atoms with Crippen LogP contribution in [0.4, 0.5) is 0 Å². The Hall–Kier alpha value is -0.890. The Labute approximate surface area is 392 Å². The first-order valence-electron chi connectivity index (χ1n) is 27.4. The van der Waals surface area contributed by atoms with Crippen molar-refractivity contribution in [3.8, 4) is 0 Å².